The van der Waals surface area contributed by atoms with Gasteiger partial charge in [-0.1, -0.05) is 52.3 Å². The van der Waals surface area contributed by atoms with Gasteiger partial charge in [-0.3, -0.25) is 9.59 Å². The van der Waals surface area contributed by atoms with E-state index in [0.717, 1.165) is 15.8 Å². The quantitative estimate of drug-likeness (QED) is 0.517. The highest BCUT2D eigenvalue weighted by Gasteiger charge is 2.35. The van der Waals surface area contributed by atoms with E-state index in [-0.39, 0.29) is 30.4 Å². The molecule has 172 valence electrons. The van der Waals surface area contributed by atoms with Crippen molar-refractivity contribution in [1.29, 1.82) is 0 Å². The van der Waals surface area contributed by atoms with E-state index in [1.165, 1.54) is 0 Å². The number of carbonyl (C=O) groups is 2. The van der Waals surface area contributed by atoms with Crippen molar-refractivity contribution < 1.29 is 19.1 Å². The largest absolute Gasteiger partial charge is 0.490 e. The molecule has 1 aliphatic heterocycles. The van der Waals surface area contributed by atoms with Crippen LogP contribution in [-0.2, 0) is 20.9 Å². The molecular weight excluding hydrogens is 472 g/mol. The number of likely N-dealkylation sites (tertiary alicyclic amines) is 1. The second-order valence-corrected chi connectivity index (χ2v) is 8.99. The standard InChI is InChI=1S/C25H31BrN2O4/c1-3-31-18-25(30)28-13-12-23(32-22-11-7-10-21(26)15-22)20(17-28)14-24(29)27(2)16-19-8-5-4-6-9-19/h4-11,15,20,23H,3,12-14,16-18H2,1-2H3/t20-,23-/m0/s1. The van der Waals surface area contributed by atoms with Crippen LogP contribution in [0.3, 0.4) is 0 Å². The Labute approximate surface area is 198 Å². The Kier molecular flexibility index (Phi) is 9.11. The zero-order valence-electron chi connectivity index (χ0n) is 18.7. The van der Waals surface area contributed by atoms with Gasteiger partial charge in [0.2, 0.25) is 11.8 Å². The average Bonchev–Trinajstić information content (AvgIpc) is 2.79. The highest BCUT2D eigenvalue weighted by Crippen LogP contribution is 2.28. The highest BCUT2D eigenvalue weighted by molar-refractivity contribution is 9.10. The maximum absolute atomic E-state index is 13.1. The third-order valence-corrected chi connectivity index (χ3v) is 6.15. The third kappa shape index (κ3) is 7.07. The first-order chi connectivity index (χ1) is 15.5. The summed E-state index contributed by atoms with van der Waals surface area (Å²) in [5.74, 6) is 0.663. The van der Waals surface area contributed by atoms with Gasteiger partial charge < -0.3 is 19.3 Å². The predicted octanol–water partition coefficient (Wildman–Crippen LogP) is 4.13. The van der Waals surface area contributed by atoms with Crippen LogP contribution in [0.1, 0.15) is 25.3 Å². The van der Waals surface area contributed by atoms with E-state index in [2.05, 4.69) is 15.9 Å². The summed E-state index contributed by atoms with van der Waals surface area (Å²) in [6.45, 7) is 4.07. The fourth-order valence-electron chi connectivity index (χ4n) is 3.91. The maximum atomic E-state index is 13.1. The highest BCUT2D eigenvalue weighted by atomic mass is 79.9. The van der Waals surface area contributed by atoms with Crippen molar-refractivity contribution in [2.45, 2.75) is 32.4 Å². The molecule has 0 aromatic heterocycles. The molecule has 3 rings (SSSR count). The first kappa shape index (κ1) is 24.3. The van der Waals surface area contributed by atoms with Gasteiger partial charge in [-0.05, 0) is 30.7 Å². The summed E-state index contributed by atoms with van der Waals surface area (Å²) >= 11 is 3.48. The van der Waals surface area contributed by atoms with Crippen LogP contribution < -0.4 is 4.74 Å². The Morgan fingerprint density at radius 2 is 1.94 bits per heavy atom. The molecule has 0 N–H and O–H groups in total. The summed E-state index contributed by atoms with van der Waals surface area (Å²) in [5, 5.41) is 0. The fraction of sp³-hybridized carbons (Fsp3) is 0.440. The summed E-state index contributed by atoms with van der Waals surface area (Å²) < 4.78 is 12.5. The molecule has 1 saturated heterocycles. The van der Waals surface area contributed by atoms with Gasteiger partial charge in [-0.25, -0.2) is 0 Å². The van der Waals surface area contributed by atoms with Gasteiger partial charge in [0, 0.05) is 56.5 Å². The van der Waals surface area contributed by atoms with E-state index in [4.69, 9.17) is 9.47 Å². The normalized spacial score (nSPS) is 18.3. The summed E-state index contributed by atoms with van der Waals surface area (Å²) in [6, 6.07) is 17.6. The summed E-state index contributed by atoms with van der Waals surface area (Å²) in [7, 11) is 1.82. The number of amides is 2. The smallest absolute Gasteiger partial charge is 0.248 e. The number of hydrogen-bond acceptors (Lipinski definition) is 4. The lowest BCUT2D eigenvalue weighted by Gasteiger charge is -2.38. The number of piperidine rings is 1. The Bertz CT molecular complexity index is 893. The van der Waals surface area contributed by atoms with E-state index in [0.29, 0.717) is 39.1 Å². The molecule has 6 nitrogen and oxygen atoms in total. The van der Waals surface area contributed by atoms with E-state index in [1.54, 1.807) is 9.80 Å². The number of benzene rings is 2. The van der Waals surface area contributed by atoms with Crippen LogP contribution in [0.4, 0.5) is 0 Å². The summed E-state index contributed by atoms with van der Waals surface area (Å²) in [4.78, 5) is 29.1. The number of halogens is 1. The Morgan fingerprint density at radius 1 is 1.16 bits per heavy atom. The molecule has 2 atom stereocenters. The molecule has 0 spiro atoms. The monoisotopic (exact) mass is 502 g/mol. The molecule has 32 heavy (non-hydrogen) atoms. The first-order valence-corrected chi connectivity index (χ1v) is 11.8. The molecule has 0 unspecified atom stereocenters. The number of nitrogens with zero attached hydrogens (tertiary/aromatic N) is 2. The second-order valence-electron chi connectivity index (χ2n) is 8.08. The van der Waals surface area contributed by atoms with Crippen LogP contribution in [0.5, 0.6) is 5.75 Å². The van der Waals surface area contributed by atoms with E-state index >= 15 is 0 Å². The van der Waals surface area contributed by atoms with Gasteiger partial charge in [-0.2, -0.15) is 0 Å². The molecule has 2 aromatic carbocycles. The molecule has 2 aromatic rings. The molecule has 0 saturated carbocycles. The SMILES string of the molecule is CCOCC(=O)N1CC[C@H](Oc2cccc(Br)c2)[C@@H](CC(=O)N(C)Cc2ccccc2)C1. The average molecular weight is 503 g/mol. The topological polar surface area (TPSA) is 59.1 Å². The first-order valence-electron chi connectivity index (χ1n) is 11.0. The van der Waals surface area contributed by atoms with Crippen LogP contribution in [0.2, 0.25) is 0 Å². The van der Waals surface area contributed by atoms with Crippen LogP contribution in [-0.4, -0.2) is 61.1 Å². The summed E-state index contributed by atoms with van der Waals surface area (Å²) in [6.07, 6.45) is 0.847. The molecular formula is C25H31BrN2O4. The molecule has 1 fully saturated rings. The van der Waals surface area contributed by atoms with Crippen LogP contribution >= 0.6 is 15.9 Å². The Morgan fingerprint density at radius 3 is 2.66 bits per heavy atom. The Hall–Kier alpha value is -2.38. The van der Waals surface area contributed by atoms with Crippen molar-refractivity contribution in [2.75, 3.05) is 33.4 Å². The minimum absolute atomic E-state index is 0.0390. The second kappa shape index (κ2) is 12.0. The van der Waals surface area contributed by atoms with E-state index < -0.39 is 0 Å². The van der Waals surface area contributed by atoms with Gasteiger partial charge in [-0.15, -0.1) is 0 Å². The van der Waals surface area contributed by atoms with Crippen molar-refractivity contribution in [2.24, 2.45) is 5.92 Å². The number of rotatable bonds is 9. The Balaban J connectivity index is 1.68. The van der Waals surface area contributed by atoms with Gasteiger partial charge in [0.1, 0.15) is 18.5 Å². The van der Waals surface area contributed by atoms with Crippen molar-refractivity contribution in [1.82, 2.24) is 9.80 Å². The number of carbonyl (C=O) groups excluding carboxylic acids is 2. The molecule has 2 amide bonds. The third-order valence-electron chi connectivity index (χ3n) is 5.66. The predicted molar refractivity (Wildman–Crippen MR) is 127 cm³/mol. The zero-order valence-corrected chi connectivity index (χ0v) is 20.3. The number of hydrogen-bond donors (Lipinski definition) is 0. The molecule has 1 heterocycles. The molecule has 1 aliphatic rings. The van der Waals surface area contributed by atoms with Gasteiger partial charge in [0.15, 0.2) is 0 Å². The van der Waals surface area contributed by atoms with Gasteiger partial charge in [0.05, 0.1) is 0 Å². The van der Waals surface area contributed by atoms with Gasteiger partial charge in [0.25, 0.3) is 0 Å². The minimum Gasteiger partial charge on any atom is -0.490 e. The molecule has 7 heteroatoms. The van der Waals surface area contributed by atoms with Crippen molar-refractivity contribution in [3.63, 3.8) is 0 Å². The van der Waals surface area contributed by atoms with Crippen molar-refractivity contribution in [3.05, 3.63) is 64.6 Å². The number of ether oxygens (including phenoxy) is 2. The molecule has 0 bridgehead atoms. The van der Waals surface area contributed by atoms with E-state index in [9.17, 15) is 9.59 Å². The lowest BCUT2D eigenvalue weighted by atomic mass is 9.90. The lowest BCUT2D eigenvalue weighted by molar-refractivity contribution is -0.142. The molecule has 0 radical (unpaired) electrons. The van der Waals surface area contributed by atoms with E-state index in [1.807, 2.05) is 68.6 Å². The van der Waals surface area contributed by atoms with Crippen molar-refractivity contribution >= 4 is 27.7 Å². The van der Waals surface area contributed by atoms with Gasteiger partial charge >= 0.3 is 0 Å². The van der Waals surface area contributed by atoms with Crippen LogP contribution in [0.15, 0.2) is 59.1 Å². The maximum Gasteiger partial charge on any atom is 0.248 e. The summed E-state index contributed by atoms with van der Waals surface area (Å²) in [5.41, 5.74) is 1.09. The molecule has 0 aliphatic carbocycles. The fourth-order valence-corrected chi connectivity index (χ4v) is 4.29. The zero-order chi connectivity index (χ0) is 22.9. The minimum atomic E-state index is -0.144. The van der Waals surface area contributed by atoms with Crippen LogP contribution in [0, 0.1) is 5.92 Å². The van der Waals surface area contributed by atoms with Crippen molar-refractivity contribution in [3.8, 4) is 5.75 Å². The van der Waals surface area contributed by atoms with Crippen LogP contribution in [0.25, 0.3) is 0 Å². The lowest BCUT2D eigenvalue weighted by Crippen LogP contribution is -2.50.